The molecule has 2 N–H and O–H groups in total. The van der Waals surface area contributed by atoms with Crippen LogP contribution in [0.15, 0.2) is 42.5 Å². The minimum Gasteiger partial charge on any atom is -0.481 e. The maximum Gasteiger partial charge on any atom is 0.307 e. The Morgan fingerprint density at radius 3 is 2.88 bits per heavy atom. The number of carboxylic acids is 1. The minimum absolute atomic E-state index is 0.222. The zero-order chi connectivity index (χ0) is 17.6. The summed E-state index contributed by atoms with van der Waals surface area (Å²) < 4.78 is 0. The van der Waals surface area contributed by atoms with Crippen molar-refractivity contribution in [2.45, 2.75) is 26.2 Å². The molecule has 0 unspecified atom stereocenters. The molecule has 0 saturated carbocycles. The van der Waals surface area contributed by atoms with Gasteiger partial charge in [-0.2, -0.15) is 5.10 Å². The van der Waals surface area contributed by atoms with Gasteiger partial charge in [-0.3, -0.25) is 9.89 Å². The zero-order valence-electron chi connectivity index (χ0n) is 14.6. The smallest absolute Gasteiger partial charge is 0.307 e. The van der Waals surface area contributed by atoms with Gasteiger partial charge in [-0.15, -0.1) is 0 Å². The summed E-state index contributed by atoms with van der Waals surface area (Å²) in [6.45, 7) is 4.52. The lowest BCUT2D eigenvalue weighted by molar-refractivity contribution is -0.143. The van der Waals surface area contributed by atoms with E-state index in [4.69, 9.17) is 0 Å². The van der Waals surface area contributed by atoms with E-state index >= 15 is 0 Å². The van der Waals surface area contributed by atoms with Crippen molar-refractivity contribution in [2.75, 3.05) is 19.6 Å². The lowest BCUT2D eigenvalue weighted by Gasteiger charge is -2.30. The number of carbonyl (C=O) groups is 1. The fourth-order valence-electron chi connectivity index (χ4n) is 3.40. The van der Waals surface area contributed by atoms with Gasteiger partial charge in [-0.25, -0.2) is 0 Å². The average molecular weight is 339 g/mol. The highest BCUT2D eigenvalue weighted by Crippen LogP contribution is 2.23. The second kappa shape index (κ2) is 8.12. The van der Waals surface area contributed by atoms with Gasteiger partial charge in [0.15, 0.2) is 0 Å². The molecule has 1 aromatic heterocycles. The van der Waals surface area contributed by atoms with Gasteiger partial charge in [-0.1, -0.05) is 36.4 Å². The van der Waals surface area contributed by atoms with Crippen LogP contribution in [0.5, 0.6) is 0 Å². The number of nitrogens with one attached hydrogen (secondary N) is 1. The van der Waals surface area contributed by atoms with Crippen molar-refractivity contribution in [3.05, 3.63) is 59.4 Å². The van der Waals surface area contributed by atoms with Crippen molar-refractivity contribution < 1.29 is 9.90 Å². The summed E-state index contributed by atoms with van der Waals surface area (Å²) in [7, 11) is 0. The van der Waals surface area contributed by atoms with E-state index in [0.29, 0.717) is 6.54 Å². The predicted octanol–water partition coefficient (Wildman–Crippen LogP) is 3.34. The second-order valence-electron chi connectivity index (χ2n) is 6.69. The lowest BCUT2D eigenvalue weighted by atomic mass is 9.97. The predicted molar refractivity (Wildman–Crippen MR) is 98.3 cm³/mol. The first-order valence-corrected chi connectivity index (χ1v) is 8.86. The van der Waals surface area contributed by atoms with E-state index in [2.05, 4.69) is 39.4 Å². The first-order chi connectivity index (χ1) is 12.1. The highest BCUT2D eigenvalue weighted by molar-refractivity contribution is 5.77. The molecule has 5 heteroatoms. The SMILES string of the molecule is Cc1cc(C(=CCCN2CCC[C@H](C(=O)O)C2)c2ccccc2)n[nH]1. The number of carboxylic acid groups (broad SMARTS) is 1. The third-order valence-electron chi connectivity index (χ3n) is 4.72. The number of benzene rings is 1. The number of hydrogen-bond donors (Lipinski definition) is 2. The molecule has 1 aromatic carbocycles. The zero-order valence-corrected chi connectivity index (χ0v) is 14.6. The van der Waals surface area contributed by atoms with Gasteiger partial charge in [0.25, 0.3) is 0 Å². The highest BCUT2D eigenvalue weighted by Gasteiger charge is 2.24. The van der Waals surface area contributed by atoms with Crippen LogP contribution >= 0.6 is 0 Å². The molecule has 1 fully saturated rings. The van der Waals surface area contributed by atoms with Crippen LogP contribution in [0.25, 0.3) is 5.57 Å². The molecule has 2 heterocycles. The van der Waals surface area contributed by atoms with Crippen molar-refractivity contribution in [3.63, 3.8) is 0 Å². The van der Waals surface area contributed by atoms with Crippen molar-refractivity contribution in [1.82, 2.24) is 15.1 Å². The van der Waals surface area contributed by atoms with Crippen molar-refractivity contribution in [1.29, 1.82) is 0 Å². The Balaban J connectivity index is 1.70. The summed E-state index contributed by atoms with van der Waals surface area (Å²) in [6, 6.07) is 12.3. The molecule has 132 valence electrons. The largest absolute Gasteiger partial charge is 0.481 e. The van der Waals surface area contributed by atoms with Gasteiger partial charge >= 0.3 is 5.97 Å². The van der Waals surface area contributed by atoms with Crippen molar-refractivity contribution in [2.24, 2.45) is 5.92 Å². The molecule has 5 nitrogen and oxygen atoms in total. The van der Waals surface area contributed by atoms with E-state index in [1.165, 1.54) is 0 Å². The number of likely N-dealkylation sites (tertiary alicyclic amines) is 1. The number of piperidine rings is 1. The number of hydrogen-bond acceptors (Lipinski definition) is 3. The van der Waals surface area contributed by atoms with E-state index in [-0.39, 0.29) is 5.92 Å². The van der Waals surface area contributed by atoms with Crippen LogP contribution in [0.1, 0.15) is 36.2 Å². The topological polar surface area (TPSA) is 69.2 Å². The van der Waals surface area contributed by atoms with Crippen LogP contribution in [-0.4, -0.2) is 45.8 Å². The van der Waals surface area contributed by atoms with Gasteiger partial charge in [0.1, 0.15) is 0 Å². The number of H-pyrrole nitrogens is 1. The maximum absolute atomic E-state index is 11.2. The quantitative estimate of drug-likeness (QED) is 0.847. The van der Waals surface area contributed by atoms with Crippen LogP contribution < -0.4 is 0 Å². The summed E-state index contributed by atoms with van der Waals surface area (Å²) in [4.78, 5) is 13.5. The summed E-state index contributed by atoms with van der Waals surface area (Å²) in [5.74, 6) is -0.891. The van der Waals surface area contributed by atoms with Crippen molar-refractivity contribution in [3.8, 4) is 0 Å². The molecule has 0 bridgehead atoms. The van der Waals surface area contributed by atoms with Crippen molar-refractivity contribution >= 4 is 11.5 Å². The Labute approximate surface area is 148 Å². The monoisotopic (exact) mass is 339 g/mol. The van der Waals surface area contributed by atoms with Gasteiger partial charge < -0.3 is 10.0 Å². The standard InChI is InChI=1S/C20H25N3O2/c1-15-13-19(22-21-15)18(16-7-3-2-4-8-16)10-6-12-23-11-5-9-17(14-23)20(24)25/h2-4,7-8,10,13,17H,5-6,9,11-12,14H2,1H3,(H,21,22)(H,24,25)/t17-/m0/s1. The summed E-state index contributed by atoms with van der Waals surface area (Å²) >= 11 is 0. The lowest BCUT2D eigenvalue weighted by Crippen LogP contribution is -2.39. The Morgan fingerprint density at radius 2 is 2.20 bits per heavy atom. The van der Waals surface area contributed by atoms with E-state index in [0.717, 1.165) is 54.9 Å². The second-order valence-corrected chi connectivity index (χ2v) is 6.69. The van der Waals surface area contributed by atoms with E-state index in [9.17, 15) is 9.90 Å². The van der Waals surface area contributed by atoms with E-state index in [1.54, 1.807) is 0 Å². The van der Waals surface area contributed by atoms with Gasteiger partial charge in [0.2, 0.25) is 0 Å². The summed E-state index contributed by atoms with van der Waals surface area (Å²) in [5, 5.41) is 16.6. The van der Waals surface area contributed by atoms with Crippen LogP contribution in [0.2, 0.25) is 0 Å². The molecule has 0 radical (unpaired) electrons. The molecular formula is C20H25N3O2. The van der Waals surface area contributed by atoms with E-state index in [1.807, 2.05) is 25.1 Å². The number of nitrogens with zero attached hydrogens (tertiary/aromatic N) is 2. The molecule has 0 spiro atoms. The van der Waals surface area contributed by atoms with Crippen LogP contribution in [0, 0.1) is 12.8 Å². The van der Waals surface area contributed by atoms with Gasteiger partial charge in [-0.05, 0) is 44.4 Å². The molecule has 25 heavy (non-hydrogen) atoms. The molecule has 0 aliphatic carbocycles. The summed E-state index contributed by atoms with van der Waals surface area (Å²) in [6.07, 6.45) is 4.85. The first kappa shape index (κ1) is 17.4. The fraction of sp³-hybridized carbons (Fsp3) is 0.400. The maximum atomic E-state index is 11.2. The van der Waals surface area contributed by atoms with Gasteiger partial charge in [0, 0.05) is 24.4 Å². The number of aryl methyl sites for hydroxylation is 1. The molecule has 1 aliphatic heterocycles. The van der Waals surface area contributed by atoms with Crippen LogP contribution in [0.3, 0.4) is 0 Å². The molecule has 1 saturated heterocycles. The Morgan fingerprint density at radius 1 is 1.40 bits per heavy atom. The van der Waals surface area contributed by atoms with Crippen LogP contribution in [-0.2, 0) is 4.79 Å². The van der Waals surface area contributed by atoms with E-state index < -0.39 is 5.97 Å². The minimum atomic E-state index is -0.669. The fourth-order valence-corrected chi connectivity index (χ4v) is 3.40. The number of aliphatic carboxylic acids is 1. The molecule has 2 aromatic rings. The number of rotatable bonds is 6. The Bertz CT molecular complexity index is 736. The number of aromatic amines is 1. The molecule has 0 amide bonds. The number of aromatic nitrogens is 2. The summed E-state index contributed by atoms with van der Waals surface area (Å²) in [5.41, 5.74) is 4.26. The molecule has 1 aliphatic rings. The molecule has 1 atom stereocenters. The first-order valence-electron chi connectivity index (χ1n) is 8.86. The van der Waals surface area contributed by atoms with Crippen LogP contribution in [0.4, 0.5) is 0 Å². The molecular weight excluding hydrogens is 314 g/mol. The van der Waals surface area contributed by atoms with Gasteiger partial charge in [0.05, 0.1) is 11.6 Å². The Kier molecular flexibility index (Phi) is 5.66. The third kappa shape index (κ3) is 4.57. The average Bonchev–Trinajstić information content (AvgIpc) is 3.06. The normalized spacial score (nSPS) is 19.1. The Hall–Kier alpha value is -2.40. The third-order valence-corrected chi connectivity index (χ3v) is 4.72. The molecule has 3 rings (SSSR count). The highest BCUT2D eigenvalue weighted by atomic mass is 16.4.